The largest absolute Gasteiger partial charge is 0.374 e. The Hall–Kier alpha value is -1.76. The SMILES string of the molecule is CN=C(NCc1ccc2c(c1)CCCN2C)NC1CCS(=O)(=O)C1. The fraction of sp³-hybridized carbons (Fsp3) is 0.588. The van der Waals surface area contributed by atoms with Crippen molar-refractivity contribution in [1.82, 2.24) is 10.6 Å². The fourth-order valence-corrected chi connectivity index (χ4v) is 5.10. The first-order valence-corrected chi connectivity index (χ1v) is 10.3. The van der Waals surface area contributed by atoms with Gasteiger partial charge in [-0.05, 0) is 36.5 Å². The molecule has 24 heavy (non-hydrogen) atoms. The van der Waals surface area contributed by atoms with Gasteiger partial charge < -0.3 is 15.5 Å². The van der Waals surface area contributed by atoms with Crippen LogP contribution in [0.5, 0.6) is 0 Å². The van der Waals surface area contributed by atoms with Crippen LogP contribution in [-0.2, 0) is 22.8 Å². The van der Waals surface area contributed by atoms with E-state index >= 15 is 0 Å². The quantitative estimate of drug-likeness (QED) is 0.626. The summed E-state index contributed by atoms with van der Waals surface area (Å²) in [5.41, 5.74) is 3.93. The van der Waals surface area contributed by atoms with Crippen LogP contribution in [0, 0.1) is 0 Å². The van der Waals surface area contributed by atoms with E-state index in [4.69, 9.17) is 0 Å². The summed E-state index contributed by atoms with van der Waals surface area (Å²) >= 11 is 0. The normalized spacial score (nSPS) is 23.0. The van der Waals surface area contributed by atoms with Crippen molar-refractivity contribution in [2.24, 2.45) is 4.99 Å². The second-order valence-electron chi connectivity index (χ2n) is 6.66. The first-order valence-electron chi connectivity index (χ1n) is 8.47. The number of hydrogen-bond acceptors (Lipinski definition) is 4. The van der Waals surface area contributed by atoms with Gasteiger partial charge in [-0.1, -0.05) is 12.1 Å². The third-order valence-electron chi connectivity index (χ3n) is 4.75. The van der Waals surface area contributed by atoms with Crippen molar-refractivity contribution in [1.29, 1.82) is 0 Å². The molecule has 1 atom stereocenters. The van der Waals surface area contributed by atoms with Crippen molar-refractivity contribution in [3.63, 3.8) is 0 Å². The second-order valence-corrected chi connectivity index (χ2v) is 8.89. The molecular formula is C17H26N4O2S. The molecule has 1 saturated heterocycles. The highest BCUT2D eigenvalue weighted by Gasteiger charge is 2.28. The maximum absolute atomic E-state index is 11.5. The van der Waals surface area contributed by atoms with Gasteiger partial charge in [-0.2, -0.15) is 0 Å². The number of aryl methyl sites for hydroxylation is 1. The fourth-order valence-electron chi connectivity index (χ4n) is 3.43. The van der Waals surface area contributed by atoms with Crippen LogP contribution in [0.3, 0.4) is 0 Å². The Morgan fingerprint density at radius 3 is 2.96 bits per heavy atom. The molecule has 0 aliphatic carbocycles. The maximum Gasteiger partial charge on any atom is 0.191 e. The lowest BCUT2D eigenvalue weighted by Gasteiger charge is -2.28. The summed E-state index contributed by atoms with van der Waals surface area (Å²) in [6.07, 6.45) is 2.97. The lowest BCUT2D eigenvalue weighted by atomic mass is 9.99. The van der Waals surface area contributed by atoms with E-state index in [1.165, 1.54) is 23.2 Å². The minimum absolute atomic E-state index is 0.0432. The predicted octanol–water partition coefficient (Wildman–Crippen LogP) is 0.921. The summed E-state index contributed by atoms with van der Waals surface area (Å²) in [5, 5.41) is 6.50. The molecule has 2 aliphatic rings. The van der Waals surface area contributed by atoms with Crippen LogP contribution in [0.4, 0.5) is 5.69 Å². The van der Waals surface area contributed by atoms with Crippen molar-refractivity contribution in [3.8, 4) is 0 Å². The molecule has 1 aromatic carbocycles. The number of rotatable bonds is 3. The lowest BCUT2D eigenvalue weighted by Crippen LogP contribution is -2.43. The van der Waals surface area contributed by atoms with Gasteiger partial charge >= 0.3 is 0 Å². The molecule has 1 aromatic rings. The Morgan fingerprint density at radius 2 is 2.25 bits per heavy atom. The van der Waals surface area contributed by atoms with Crippen molar-refractivity contribution in [3.05, 3.63) is 29.3 Å². The summed E-state index contributed by atoms with van der Waals surface area (Å²) in [6.45, 7) is 1.79. The lowest BCUT2D eigenvalue weighted by molar-refractivity contribution is 0.599. The van der Waals surface area contributed by atoms with Crippen LogP contribution >= 0.6 is 0 Å². The highest BCUT2D eigenvalue weighted by molar-refractivity contribution is 7.91. The molecule has 0 saturated carbocycles. The first-order chi connectivity index (χ1) is 11.5. The number of nitrogens with zero attached hydrogens (tertiary/aromatic N) is 2. The molecule has 0 bridgehead atoms. The summed E-state index contributed by atoms with van der Waals surface area (Å²) in [6, 6.07) is 6.54. The standard InChI is InChI=1S/C17H26N4O2S/c1-18-17(20-15-7-9-24(22,23)12-15)19-11-13-5-6-16-14(10-13)4-3-8-21(16)2/h5-6,10,15H,3-4,7-9,11-12H2,1-2H3,(H2,18,19,20). The van der Waals surface area contributed by atoms with E-state index < -0.39 is 9.84 Å². The van der Waals surface area contributed by atoms with Gasteiger partial charge in [0.1, 0.15) is 0 Å². The Kier molecular flexibility index (Phi) is 4.99. The molecule has 0 aromatic heterocycles. The van der Waals surface area contributed by atoms with Gasteiger partial charge in [0, 0.05) is 38.9 Å². The molecule has 0 spiro atoms. The molecule has 6 nitrogen and oxygen atoms in total. The Balaban J connectivity index is 1.58. The molecule has 0 radical (unpaired) electrons. The smallest absolute Gasteiger partial charge is 0.191 e. The highest BCUT2D eigenvalue weighted by Crippen LogP contribution is 2.26. The van der Waals surface area contributed by atoms with Gasteiger partial charge in [-0.3, -0.25) is 4.99 Å². The number of benzene rings is 1. The monoisotopic (exact) mass is 350 g/mol. The number of hydrogen-bond donors (Lipinski definition) is 2. The average molecular weight is 350 g/mol. The van der Waals surface area contributed by atoms with Gasteiger partial charge in [0.15, 0.2) is 15.8 Å². The molecule has 1 unspecified atom stereocenters. The van der Waals surface area contributed by atoms with Gasteiger partial charge in [0.2, 0.25) is 0 Å². The minimum atomic E-state index is -2.88. The predicted molar refractivity (Wildman–Crippen MR) is 98.4 cm³/mol. The zero-order chi connectivity index (χ0) is 17.2. The molecule has 2 heterocycles. The molecule has 2 aliphatic heterocycles. The Bertz CT molecular complexity index is 730. The zero-order valence-corrected chi connectivity index (χ0v) is 15.2. The topological polar surface area (TPSA) is 73.8 Å². The van der Waals surface area contributed by atoms with Crippen LogP contribution in [0.1, 0.15) is 24.0 Å². The first kappa shape index (κ1) is 17.1. The van der Waals surface area contributed by atoms with E-state index in [0.717, 1.165) is 13.0 Å². The number of guanidine groups is 1. The minimum Gasteiger partial charge on any atom is -0.374 e. The number of nitrogens with one attached hydrogen (secondary N) is 2. The Morgan fingerprint density at radius 1 is 1.42 bits per heavy atom. The summed E-state index contributed by atoms with van der Waals surface area (Å²) in [7, 11) is 0.963. The van der Waals surface area contributed by atoms with Gasteiger partial charge in [0.25, 0.3) is 0 Å². The number of sulfone groups is 1. The van der Waals surface area contributed by atoms with Crippen molar-refractivity contribution in [2.75, 3.05) is 37.0 Å². The number of anilines is 1. The zero-order valence-electron chi connectivity index (χ0n) is 14.4. The number of fused-ring (bicyclic) bond motifs is 1. The third kappa shape index (κ3) is 4.01. The van der Waals surface area contributed by atoms with E-state index in [-0.39, 0.29) is 17.5 Å². The summed E-state index contributed by atoms with van der Waals surface area (Å²) in [5.74, 6) is 1.12. The van der Waals surface area contributed by atoms with Crippen LogP contribution in [0.25, 0.3) is 0 Å². The maximum atomic E-state index is 11.5. The highest BCUT2D eigenvalue weighted by atomic mass is 32.2. The van der Waals surface area contributed by atoms with Gasteiger partial charge in [-0.25, -0.2) is 8.42 Å². The molecule has 132 valence electrons. The molecule has 2 N–H and O–H groups in total. The van der Waals surface area contributed by atoms with E-state index in [1.807, 2.05) is 0 Å². The van der Waals surface area contributed by atoms with Crippen LogP contribution in [0.2, 0.25) is 0 Å². The third-order valence-corrected chi connectivity index (χ3v) is 6.52. The molecule has 0 amide bonds. The van der Waals surface area contributed by atoms with E-state index in [1.54, 1.807) is 7.05 Å². The van der Waals surface area contributed by atoms with Crippen LogP contribution < -0.4 is 15.5 Å². The summed E-state index contributed by atoms with van der Waals surface area (Å²) < 4.78 is 23.1. The molecule has 1 fully saturated rings. The van der Waals surface area contributed by atoms with E-state index in [9.17, 15) is 8.42 Å². The molecular weight excluding hydrogens is 324 g/mol. The van der Waals surface area contributed by atoms with Crippen LogP contribution in [-0.4, -0.2) is 52.6 Å². The molecule has 7 heteroatoms. The number of aliphatic imine (C=N–C) groups is 1. The van der Waals surface area contributed by atoms with E-state index in [0.29, 0.717) is 18.9 Å². The van der Waals surface area contributed by atoms with Crippen molar-refractivity contribution in [2.45, 2.75) is 31.8 Å². The summed E-state index contributed by atoms with van der Waals surface area (Å²) in [4.78, 5) is 6.51. The molecule has 3 rings (SSSR count). The van der Waals surface area contributed by atoms with Crippen LogP contribution in [0.15, 0.2) is 23.2 Å². The van der Waals surface area contributed by atoms with Gasteiger partial charge in [0.05, 0.1) is 11.5 Å². The van der Waals surface area contributed by atoms with Crippen molar-refractivity contribution < 1.29 is 8.42 Å². The van der Waals surface area contributed by atoms with Gasteiger partial charge in [-0.15, -0.1) is 0 Å². The Labute approximate surface area is 144 Å². The second kappa shape index (κ2) is 7.01. The average Bonchev–Trinajstić information content (AvgIpc) is 2.90. The van der Waals surface area contributed by atoms with Crippen molar-refractivity contribution >= 4 is 21.5 Å². The van der Waals surface area contributed by atoms with E-state index in [2.05, 4.69) is 45.8 Å².